The van der Waals surface area contributed by atoms with Crippen molar-refractivity contribution in [3.05, 3.63) is 0 Å². The van der Waals surface area contributed by atoms with Crippen LogP contribution in [-0.4, -0.2) is 17.6 Å². The van der Waals surface area contributed by atoms with Crippen molar-refractivity contribution in [2.45, 2.75) is 52.2 Å². The predicted octanol–water partition coefficient (Wildman–Crippen LogP) is 1.46. The van der Waals surface area contributed by atoms with E-state index in [1.165, 1.54) is 0 Å². The lowest BCUT2D eigenvalue weighted by Gasteiger charge is -2.17. The third-order valence-electron chi connectivity index (χ3n) is 1.34. The molecule has 0 spiro atoms. The summed E-state index contributed by atoms with van der Waals surface area (Å²) in [6, 6.07) is 0. The molecule has 0 aliphatic carbocycles. The van der Waals surface area contributed by atoms with Crippen LogP contribution < -0.4 is 5.73 Å². The van der Waals surface area contributed by atoms with Gasteiger partial charge < -0.3 is 10.5 Å². The van der Waals surface area contributed by atoms with Crippen molar-refractivity contribution in [3.63, 3.8) is 0 Å². The SMILES string of the molecule is CC(C)OC(=O)CCC(C)(C)N. The number of hydrogen-bond donors (Lipinski definition) is 1. The van der Waals surface area contributed by atoms with Crippen LogP contribution >= 0.6 is 0 Å². The van der Waals surface area contributed by atoms with Crippen LogP contribution in [0.4, 0.5) is 0 Å². The highest BCUT2D eigenvalue weighted by molar-refractivity contribution is 5.69. The van der Waals surface area contributed by atoms with Gasteiger partial charge in [-0.1, -0.05) is 0 Å². The van der Waals surface area contributed by atoms with Crippen molar-refractivity contribution in [2.24, 2.45) is 5.73 Å². The number of esters is 1. The second-order valence-corrected chi connectivity index (χ2v) is 4.03. The van der Waals surface area contributed by atoms with E-state index in [0.29, 0.717) is 12.8 Å². The number of carbonyl (C=O) groups excluding carboxylic acids is 1. The highest BCUT2D eigenvalue weighted by atomic mass is 16.5. The Hall–Kier alpha value is -0.570. The van der Waals surface area contributed by atoms with E-state index in [9.17, 15) is 4.79 Å². The van der Waals surface area contributed by atoms with Crippen LogP contribution in [0, 0.1) is 0 Å². The summed E-state index contributed by atoms with van der Waals surface area (Å²) < 4.78 is 4.95. The molecule has 0 radical (unpaired) electrons. The van der Waals surface area contributed by atoms with Crippen molar-refractivity contribution in [2.75, 3.05) is 0 Å². The summed E-state index contributed by atoms with van der Waals surface area (Å²) in [5.74, 6) is -0.163. The smallest absolute Gasteiger partial charge is 0.306 e. The molecule has 0 unspecified atom stereocenters. The summed E-state index contributed by atoms with van der Waals surface area (Å²) in [4.78, 5) is 11.0. The molecule has 0 heterocycles. The average Bonchev–Trinajstić information content (AvgIpc) is 1.80. The van der Waals surface area contributed by atoms with Gasteiger partial charge in [0.25, 0.3) is 0 Å². The van der Waals surface area contributed by atoms with Gasteiger partial charge in [0, 0.05) is 12.0 Å². The molecule has 2 N–H and O–H groups in total. The minimum absolute atomic E-state index is 0.0293. The molecule has 0 bridgehead atoms. The monoisotopic (exact) mass is 173 g/mol. The standard InChI is InChI=1S/C9H19NO2/c1-7(2)12-8(11)5-6-9(3,4)10/h7H,5-6,10H2,1-4H3. The van der Waals surface area contributed by atoms with E-state index in [1.54, 1.807) is 0 Å². The Morgan fingerprint density at radius 2 is 2.00 bits per heavy atom. The first-order valence-electron chi connectivity index (χ1n) is 4.29. The van der Waals surface area contributed by atoms with Crippen molar-refractivity contribution >= 4 is 5.97 Å². The molecule has 0 saturated carbocycles. The highest BCUT2D eigenvalue weighted by Gasteiger charge is 2.14. The predicted molar refractivity (Wildman–Crippen MR) is 48.7 cm³/mol. The van der Waals surface area contributed by atoms with Crippen molar-refractivity contribution < 1.29 is 9.53 Å². The van der Waals surface area contributed by atoms with E-state index in [2.05, 4.69) is 0 Å². The lowest BCUT2D eigenvalue weighted by molar-refractivity contribution is -0.147. The van der Waals surface area contributed by atoms with Gasteiger partial charge >= 0.3 is 5.97 Å². The molecule has 0 fully saturated rings. The van der Waals surface area contributed by atoms with E-state index >= 15 is 0 Å². The Bertz CT molecular complexity index is 147. The Balaban J connectivity index is 3.58. The van der Waals surface area contributed by atoms with Gasteiger partial charge in [-0.2, -0.15) is 0 Å². The fraction of sp³-hybridized carbons (Fsp3) is 0.889. The zero-order valence-corrected chi connectivity index (χ0v) is 8.39. The maximum absolute atomic E-state index is 11.0. The Morgan fingerprint density at radius 3 is 2.33 bits per heavy atom. The molecule has 12 heavy (non-hydrogen) atoms. The second-order valence-electron chi connectivity index (χ2n) is 4.03. The third kappa shape index (κ3) is 7.54. The third-order valence-corrected chi connectivity index (χ3v) is 1.34. The van der Waals surface area contributed by atoms with Gasteiger partial charge in [-0.15, -0.1) is 0 Å². The van der Waals surface area contributed by atoms with Gasteiger partial charge in [0.15, 0.2) is 0 Å². The number of hydrogen-bond acceptors (Lipinski definition) is 3. The van der Waals surface area contributed by atoms with Crippen molar-refractivity contribution in [3.8, 4) is 0 Å². The van der Waals surface area contributed by atoms with Gasteiger partial charge in [0.05, 0.1) is 6.10 Å². The molecule has 0 aromatic carbocycles. The summed E-state index contributed by atoms with van der Waals surface area (Å²) in [6.45, 7) is 7.47. The summed E-state index contributed by atoms with van der Waals surface area (Å²) in [7, 11) is 0. The fourth-order valence-electron chi connectivity index (χ4n) is 0.746. The molecular weight excluding hydrogens is 154 g/mol. The van der Waals surface area contributed by atoms with Crippen LogP contribution in [0.25, 0.3) is 0 Å². The molecule has 0 atom stereocenters. The van der Waals surface area contributed by atoms with Crippen molar-refractivity contribution in [1.29, 1.82) is 0 Å². The second kappa shape index (κ2) is 4.45. The zero-order chi connectivity index (χ0) is 9.78. The first-order valence-corrected chi connectivity index (χ1v) is 4.29. The molecule has 0 aliphatic heterocycles. The number of rotatable bonds is 4. The number of nitrogens with two attached hydrogens (primary N) is 1. The molecule has 0 rings (SSSR count). The lowest BCUT2D eigenvalue weighted by Crippen LogP contribution is -2.32. The van der Waals surface area contributed by atoms with E-state index in [-0.39, 0.29) is 17.6 Å². The van der Waals surface area contributed by atoms with Gasteiger partial charge in [-0.3, -0.25) is 4.79 Å². The molecule has 0 amide bonds. The first kappa shape index (κ1) is 11.4. The van der Waals surface area contributed by atoms with E-state index < -0.39 is 0 Å². The molecule has 0 aromatic heterocycles. The normalized spacial score (nSPS) is 11.8. The van der Waals surface area contributed by atoms with Gasteiger partial charge in [-0.25, -0.2) is 0 Å². The average molecular weight is 173 g/mol. The van der Waals surface area contributed by atoms with Gasteiger partial charge in [0.2, 0.25) is 0 Å². The zero-order valence-electron chi connectivity index (χ0n) is 8.39. The van der Waals surface area contributed by atoms with Crippen molar-refractivity contribution in [1.82, 2.24) is 0 Å². The van der Waals surface area contributed by atoms with Gasteiger partial charge in [-0.05, 0) is 34.1 Å². The van der Waals surface area contributed by atoms with Crippen LogP contribution in [0.1, 0.15) is 40.5 Å². The van der Waals surface area contributed by atoms with Crippen LogP contribution in [0.3, 0.4) is 0 Å². The number of carbonyl (C=O) groups is 1. The summed E-state index contributed by atoms with van der Waals surface area (Å²) in [5.41, 5.74) is 5.43. The molecule has 0 aromatic rings. The largest absolute Gasteiger partial charge is 0.463 e. The van der Waals surface area contributed by atoms with Crippen LogP contribution in [0.2, 0.25) is 0 Å². The number of ether oxygens (including phenoxy) is 1. The minimum atomic E-state index is -0.282. The lowest BCUT2D eigenvalue weighted by atomic mass is 10.0. The van der Waals surface area contributed by atoms with Crippen LogP contribution in [0.15, 0.2) is 0 Å². The van der Waals surface area contributed by atoms with Crippen LogP contribution in [0.5, 0.6) is 0 Å². The fourth-order valence-corrected chi connectivity index (χ4v) is 0.746. The maximum Gasteiger partial charge on any atom is 0.306 e. The Morgan fingerprint density at radius 1 is 1.50 bits per heavy atom. The summed E-state index contributed by atoms with van der Waals surface area (Å²) in [6.07, 6.45) is 1.04. The first-order chi connectivity index (χ1) is 5.31. The van der Waals surface area contributed by atoms with Crippen LogP contribution in [-0.2, 0) is 9.53 Å². The molecule has 0 saturated heterocycles. The minimum Gasteiger partial charge on any atom is -0.463 e. The molecule has 72 valence electrons. The van der Waals surface area contributed by atoms with E-state index in [1.807, 2.05) is 27.7 Å². The molecule has 3 heteroatoms. The van der Waals surface area contributed by atoms with E-state index in [0.717, 1.165) is 0 Å². The summed E-state index contributed by atoms with van der Waals surface area (Å²) in [5, 5.41) is 0. The maximum atomic E-state index is 11.0. The van der Waals surface area contributed by atoms with E-state index in [4.69, 9.17) is 10.5 Å². The Kier molecular flexibility index (Phi) is 4.24. The molecular formula is C9H19NO2. The molecule has 0 aliphatic rings. The highest BCUT2D eigenvalue weighted by Crippen LogP contribution is 2.08. The quantitative estimate of drug-likeness (QED) is 0.655. The summed E-state index contributed by atoms with van der Waals surface area (Å²) >= 11 is 0. The molecule has 3 nitrogen and oxygen atoms in total. The van der Waals surface area contributed by atoms with Gasteiger partial charge in [0.1, 0.15) is 0 Å². The Labute approximate surface area is 74.3 Å². The topological polar surface area (TPSA) is 52.3 Å².